The van der Waals surface area contributed by atoms with Crippen LogP contribution in [0.25, 0.3) is 0 Å². The lowest BCUT2D eigenvalue weighted by molar-refractivity contribution is -0.121. The number of nitrogens with two attached hydrogens (primary N) is 1. The average molecular weight is 252 g/mol. The lowest BCUT2D eigenvalue weighted by Crippen LogP contribution is -2.26. The molecule has 1 saturated carbocycles. The molecule has 4 nitrogen and oxygen atoms in total. The van der Waals surface area contributed by atoms with Crippen LogP contribution in [0.3, 0.4) is 0 Å². The Labute approximate surface area is 105 Å². The Morgan fingerprint density at radius 1 is 1.44 bits per heavy atom. The largest absolute Gasteiger partial charge is 0.493 e. The van der Waals surface area contributed by atoms with Gasteiger partial charge in [0.2, 0.25) is 5.91 Å². The van der Waals surface area contributed by atoms with Crippen LogP contribution >= 0.6 is 0 Å². The molecule has 3 N–H and O–H groups in total. The predicted octanol–water partition coefficient (Wildman–Crippen LogP) is 1.33. The van der Waals surface area contributed by atoms with E-state index in [2.05, 4.69) is 5.32 Å². The second-order valence-corrected chi connectivity index (χ2v) is 4.44. The van der Waals surface area contributed by atoms with Crippen molar-refractivity contribution in [2.75, 3.05) is 6.61 Å². The summed E-state index contributed by atoms with van der Waals surface area (Å²) in [6.45, 7) is 0.502. The van der Waals surface area contributed by atoms with Crippen molar-refractivity contribution in [3.05, 3.63) is 29.6 Å². The molecule has 0 aliphatic heterocycles. The summed E-state index contributed by atoms with van der Waals surface area (Å²) in [5.41, 5.74) is 6.11. The molecule has 5 heteroatoms. The third-order valence-corrected chi connectivity index (χ3v) is 2.71. The molecule has 98 valence electrons. The maximum Gasteiger partial charge on any atom is 0.223 e. The highest BCUT2D eigenvalue weighted by Crippen LogP contribution is 2.19. The van der Waals surface area contributed by atoms with Crippen LogP contribution in [0.15, 0.2) is 18.2 Å². The number of carbonyl (C=O) groups excluding carboxylic acids is 1. The van der Waals surface area contributed by atoms with Gasteiger partial charge in [-0.25, -0.2) is 4.39 Å². The van der Waals surface area contributed by atoms with Gasteiger partial charge in [0.1, 0.15) is 11.6 Å². The smallest absolute Gasteiger partial charge is 0.223 e. The van der Waals surface area contributed by atoms with Gasteiger partial charge >= 0.3 is 0 Å². The minimum absolute atomic E-state index is 0.0204. The van der Waals surface area contributed by atoms with Crippen LogP contribution in [0.5, 0.6) is 5.75 Å². The summed E-state index contributed by atoms with van der Waals surface area (Å²) < 4.78 is 18.5. The van der Waals surface area contributed by atoms with Crippen molar-refractivity contribution in [1.29, 1.82) is 0 Å². The molecule has 0 radical (unpaired) electrons. The van der Waals surface area contributed by atoms with Crippen molar-refractivity contribution in [3.63, 3.8) is 0 Å². The summed E-state index contributed by atoms with van der Waals surface area (Å²) in [7, 11) is 0. The first kappa shape index (κ1) is 12.8. The quantitative estimate of drug-likeness (QED) is 0.802. The molecule has 18 heavy (non-hydrogen) atoms. The maximum atomic E-state index is 13.2. The van der Waals surface area contributed by atoms with Crippen molar-refractivity contribution in [2.24, 2.45) is 5.73 Å². The summed E-state index contributed by atoms with van der Waals surface area (Å²) in [4.78, 5) is 11.4. The summed E-state index contributed by atoms with van der Waals surface area (Å²) in [5, 5.41) is 2.86. The highest BCUT2D eigenvalue weighted by Gasteiger charge is 2.22. The zero-order valence-electron chi connectivity index (χ0n) is 10.1. The highest BCUT2D eigenvalue weighted by atomic mass is 19.1. The number of benzene rings is 1. The van der Waals surface area contributed by atoms with Gasteiger partial charge in [0, 0.05) is 18.7 Å². The summed E-state index contributed by atoms with van der Waals surface area (Å²) in [5.74, 6) is 0.0120. The third kappa shape index (κ3) is 4.00. The Hall–Kier alpha value is -1.62. The maximum absolute atomic E-state index is 13.2. The van der Waals surface area contributed by atoms with Crippen LogP contribution in [0.4, 0.5) is 4.39 Å². The van der Waals surface area contributed by atoms with Gasteiger partial charge in [-0.1, -0.05) is 0 Å². The van der Waals surface area contributed by atoms with E-state index in [1.165, 1.54) is 12.1 Å². The van der Waals surface area contributed by atoms with E-state index in [0.717, 1.165) is 12.8 Å². The zero-order valence-corrected chi connectivity index (χ0v) is 10.1. The molecule has 1 aliphatic rings. The molecule has 0 saturated heterocycles. The van der Waals surface area contributed by atoms with Gasteiger partial charge in [-0.15, -0.1) is 0 Å². The number of halogens is 1. The van der Waals surface area contributed by atoms with E-state index in [1.807, 2.05) is 0 Å². The van der Waals surface area contributed by atoms with Crippen LogP contribution in [0.1, 0.15) is 24.8 Å². The highest BCUT2D eigenvalue weighted by molar-refractivity contribution is 5.76. The van der Waals surface area contributed by atoms with Crippen LogP contribution in [0.2, 0.25) is 0 Å². The van der Waals surface area contributed by atoms with Crippen molar-refractivity contribution in [2.45, 2.75) is 31.8 Å². The Kier molecular flexibility index (Phi) is 4.15. The molecule has 0 aromatic heterocycles. The minimum atomic E-state index is -0.379. The molecular weight excluding hydrogens is 235 g/mol. The predicted molar refractivity (Wildman–Crippen MR) is 65.6 cm³/mol. The summed E-state index contributed by atoms with van der Waals surface area (Å²) >= 11 is 0. The van der Waals surface area contributed by atoms with Gasteiger partial charge in [-0.2, -0.15) is 0 Å². The van der Waals surface area contributed by atoms with E-state index in [1.54, 1.807) is 6.07 Å². The molecular formula is C13H17FN2O2. The fraction of sp³-hybridized carbons (Fsp3) is 0.462. The molecule has 0 atom stereocenters. The Balaban J connectivity index is 1.78. The Morgan fingerprint density at radius 2 is 2.22 bits per heavy atom. The number of amides is 1. The van der Waals surface area contributed by atoms with E-state index >= 15 is 0 Å². The summed E-state index contributed by atoms with van der Waals surface area (Å²) in [6, 6.07) is 4.70. The molecule has 1 aromatic carbocycles. The van der Waals surface area contributed by atoms with E-state index < -0.39 is 0 Å². The van der Waals surface area contributed by atoms with Crippen LogP contribution in [-0.4, -0.2) is 18.6 Å². The number of carbonyl (C=O) groups is 1. The van der Waals surface area contributed by atoms with Gasteiger partial charge in [0.15, 0.2) is 0 Å². The van der Waals surface area contributed by atoms with E-state index in [-0.39, 0.29) is 31.3 Å². The second-order valence-electron chi connectivity index (χ2n) is 4.44. The van der Waals surface area contributed by atoms with Crippen molar-refractivity contribution in [3.8, 4) is 5.75 Å². The van der Waals surface area contributed by atoms with Crippen LogP contribution in [-0.2, 0) is 11.3 Å². The van der Waals surface area contributed by atoms with Gasteiger partial charge in [0.05, 0.1) is 13.0 Å². The molecule has 2 rings (SSSR count). The number of hydrogen-bond acceptors (Lipinski definition) is 3. The lowest BCUT2D eigenvalue weighted by Gasteiger charge is -2.08. The molecule has 0 heterocycles. The molecule has 0 bridgehead atoms. The second kappa shape index (κ2) is 5.82. The fourth-order valence-corrected chi connectivity index (χ4v) is 1.61. The topological polar surface area (TPSA) is 64.3 Å². The monoisotopic (exact) mass is 252 g/mol. The van der Waals surface area contributed by atoms with E-state index in [0.29, 0.717) is 17.4 Å². The van der Waals surface area contributed by atoms with Gasteiger partial charge in [0.25, 0.3) is 0 Å². The fourth-order valence-electron chi connectivity index (χ4n) is 1.61. The summed E-state index contributed by atoms with van der Waals surface area (Å²) in [6.07, 6.45) is 2.41. The third-order valence-electron chi connectivity index (χ3n) is 2.71. The van der Waals surface area contributed by atoms with Crippen molar-refractivity contribution >= 4 is 5.91 Å². The number of nitrogens with one attached hydrogen (secondary N) is 1. The first-order chi connectivity index (χ1) is 8.67. The average Bonchev–Trinajstić information content (AvgIpc) is 3.12. The molecule has 1 aliphatic carbocycles. The van der Waals surface area contributed by atoms with Crippen LogP contribution in [0, 0.1) is 5.82 Å². The number of ether oxygens (including phenoxy) is 1. The zero-order chi connectivity index (χ0) is 13.0. The van der Waals surface area contributed by atoms with Crippen molar-refractivity contribution < 1.29 is 13.9 Å². The SMILES string of the molecule is NCc1cc(F)cc(OCCC(=O)NC2CC2)c1. The molecule has 1 fully saturated rings. The Bertz CT molecular complexity index is 433. The molecule has 1 amide bonds. The first-order valence-corrected chi connectivity index (χ1v) is 6.09. The minimum Gasteiger partial charge on any atom is -0.493 e. The standard InChI is InChI=1S/C13H17FN2O2/c14-10-5-9(8-15)6-12(7-10)18-4-3-13(17)16-11-1-2-11/h5-7,11H,1-4,8,15H2,(H,16,17). The normalized spacial score (nSPS) is 14.3. The van der Waals surface area contributed by atoms with E-state index in [4.69, 9.17) is 10.5 Å². The number of rotatable bonds is 6. The molecule has 0 spiro atoms. The first-order valence-electron chi connectivity index (χ1n) is 6.09. The van der Waals surface area contributed by atoms with E-state index in [9.17, 15) is 9.18 Å². The lowest BCUT2D eigenvalue weighted by atomic mass is 10.2. The Morgan fingerprint density at radius 3 is 2.89 bits per heavy atom. The van der Waals surface area contributed by atoms with Crippen LogP contribution < -0.4 is 15.8 Å². The van der Waals surface area contributed by atoms with Gasteiger partial charge < -0.3 is 15.8 Å². The van der Waals surface area contributed by atoms with Gasteiger partial charge in [-0.05, 0) is 30.5 Å². The number of hydrogen-bond donors (Lipinski definition) is 2. The van der Waals surface area contributed by atoms with Crippen molar-refractivity contribution in [1.82, 2.24) is 5.32 Å². The van der Waals surface area contributed by atoms with Gasteiger partial charge in [-0.3, -0.25) is 4.79 Å². The molecule has 1 aromatic rings. The molecule has 0 unspecified atom stereocenters.